The highest BCUT2D eigenvalue weighted by Crippen LogP contribution is 2.27. The van der Waals surface area contributed by atoms with E-state index in [0.717, 1.165) is 25.7 Å². The van der Waals surface area contributed by atoms with E-state index >= 15 is 0 Å². The van der Waals surface area contributed by atoms with Crippen LogP contribution in [0.15, 0.2) is 77.6 Å². The Hall–Kier alpha value is -3.15. The van der Waals surface area contributed by atoms with Gasteiger partial charge in [0, 0.05) is 11.6 Å². The molecular formula is C29H29Cl2N3O2. The summed E-state index contributed by atoms with van der Waals surface area (Å²) in [6.45, 7) is 4.59. The molecule has 5 nitrogen and oxygen atoms in total. The first-order valence-corrected chi connectivity index (χ1v) is 13.0. The van der Waals surface area contributed by atoms with Gasteiger partial charge in [-0.15, -0.1) is 0 Å². The smallest absolute Gasteiger partial charge is 0.266 e. The van der Waals surface area contributed by atoms with Gasteiger partial charge in [-0.25, -0.2) is 4.98 Å². The topological polar surface area (TPSA) is 55.2 Å². The van der Waals surface area contributed by atoms with Crippen LogP contribution < -0.4 is 5.56 Å². The SMILES string of the molecule is CCCCCCN(C(=O)c1ccccc1Cl)C(C)c1nc2ccccc2c(=O)n1-c1ccc(Cl)cc1. The van der Waals surface area contributed by atoms with Crippen LogP contribution in [-0.4, -0.2) is 26.9 Å². The van der Waals surface area contributed by atoms with Crippen molar-refractivity contribution in [1.82, 2.24) is 14.5 Å². The van der Waals surface area contributed by atoms with Crippen LogP contribution in [0, 0.1) is 0 Å². The second-order valence-corrected chi connectivity index (χ2v) is 9.66. The maximum Gasteiger partial charge on any atom is 0.266 e. The lowest BCUT2D eigenvalue weighted by Crippen LogP contribution is -2.38. The van der Waals surface area contributed by atoms with Crippen molar-refractivity contribution in [1.29, 1.82) is 0 Å². The third kappa shape index (κ3) is 5.48. The number of amides is 1. The van der Waals surface area contributed by atoms with Crippen molar-refractivity contribution in [2.75, 3.05) is 6.54 Å². The van der Waals surface area contributed by atoms with Gasteiger partial charge >= 0.3 is 0 Å². The van der Waals surface area contributed by atoms with Gasteiger partial charge in [-0.3, -0.25) is 14.2 Å². The fourth-order valence-electron chi connectivity index (χ4n) is 4.38. The van der Waals surface area contributed by atoms with Crippen molar-refractivity contribution in [2.24, 2.45) is 0 Å². The zero-order chi connectivity index (χ0) is 25.7. The molecule has 0 saturated carbocycles. The van der Waals surface area contributed by atoms with E-state index in [1.807, 2.05) is 25.1 Å². The van der Waals surface area contributed by atoms with Gasteiger partial charge in [-0.2, -0.15) is 0 Å². The van der Waals surface area contributed by atoms with Crippen LogP contribution in [0.1, 0.15) is 61.8 Å². The van der Waals surface area contributed by atoms with E-state index in [2.05, 4.69) is 6.92 Å². The highest BCUT2D eigenvalue weighted by Gasteiger charge is 2.28. The Kier molecular flexibility index (Phi) is 8.44. The van der Waals surface area contributed by atoms with Crippen molar-refractivity contribution in [2.45, 2.75) is 45.6 Å². The number of hydrogen-bond acceptors (Lipinski definition) is 3. The van der Waals surface area contributed by atoms with E-state index in [0.29, 0.717) is 44.6 Å². The van der Waals surface area contributed by atoms with Gasteiger partial charge in [0.1, 0.15) is 5.82 Å². The van der Waals surface area contributed by atoms with E-state index in [-0.39, 0.29) is 11.5 Å². The fraction of sp³-hybridized carbons (Fsp3) is 0.276. The van der Waals surface area contributed by atoms with Gasteiger partial charge in [0.2, 0.25) is 0 Å². The molecule has 0 fully saturated rings. The number of hydrogen-bond donors (Lipinski definition) is 0. The zero-order valence-electron chi connectivity index (χ0n) is 20.5. The van der Waals surface area contributed by atoms with Gasteiger partial charge in [-0.1, -0.05) is 73.7 Å². The molecule has 7 heteroatoms. The first-order chi connectivity index (χ1) is 17.4. The molecule has 0 saturated heterocycles. The third-order valence-corrected chi connectivity index (χ3v) is 6.93. The molecule has 0 radical (unpaired) electrons. The second kappa shape index (κ2) is 11.7. The summed E-state index contributed by atoms with van der Waals surface area (Å²) in [7, 11) is 0. The highest BCUT2D eigenvalue weighted by atomic mass is 35.5. The van der Waals surface area contributed by atoms with E-state index in [1.54, 1.807) is 64.1 Å². The molecule has 0 N–H and O–H groups in total. The minimum absolute atomic E-state index is 0.185. The Morgan fingerprint density at radius 3 is 2.36 bits per heavy atom. The molecule has 0 spiro atoms. The summed E-state index contributed by atoms with van der Waals surface area (Å²) in [6, 6.07) is 20.9. The molecule has 1 atom stereocenters. The third-order valence-electron chi connectivity index (χ3n) is 6.35. The molecule has 0 aliphatic heterocycles. The van der Waals surface area contributed by atoms with Crippen LogP contribution in [0.3, 0.4) is 0 Å². The molecule has 36 heavy (non-hydrogen) atoms. The lowest BCUT2D eigenvalue weighted by Gasteiger charge is -2.31. The average Bonchev–Trinajstić information content (AvgIpc) is 2.89. The van der Waals surface area contributed by atoms with Crippen LogP contribution in [0.5, 0.6) is 0 Å². The molecule has 0 aliphatic carbocycles. The van der Waals surface area contributed by atoms with Crippen LogP contribution in [0.25, 0.3) is 16.6 Å². The Labute approximate surface area is 221 Å². The molecule has 4 aromatic rings. The molecule has 1 aromatic heterocycles. The Balaban J connectivity index is 1.86. The van der Waals surface area contributed by atoms with Gasteiger partial charge in [0.25, 0.3) is 11.5 Å². The first kappa shape index (κ1) is 25.9. The van der Waals surface area contributed by atoms with Crippen molar-refractivity contribution < 1.29 is 4.79 Å². The quantitative estimate of drug-likeness (QED) is 0.214. The summed E-state index contributed by atoms with van der Waals surface area (Å²) in [4.78, 5) is 34.2. The number of halogens is 2. The first-order valence-electron chi connectivity index (χ1n) is 12.3. The standard InChI is InChI=1S/C29H29Cl2N3O2/c1-3-4-5-10-19-33(28(35)23-11-6-8-13-25(23)31)20(2)27-32-26-14-9-7-12-24(26)29(36)34(27)22-17-15-21(30)16-18-22/h6-9,11-18,20H,3-5,10,19H2,1-2H3. The predicted octanol–water partition coefficient (Wildman–Crippen LogP) is 7.48. The number of carbonyl (C=O) groups excluding carboxylic acids is 1. The molecule has 1 heterocycles. The van der Waals surface area contributed by atoms with Crippen LogP contribution in [0.4, 0.5) is 0 Å². The average molecular weight is 522 g/mol. The van der Waals surface area contributed by atoms with Crippen molar-refractivity contribution in [3.05, 3.63) is 105 Å². The lowest BCUT2D eigenvalue weighted by atomic mass is 10.1. The number of rotatable bonds is 9. The Morgan fingerprint density at radius 1 is 0.944 bits per heavy atom. The maximum atomic E-state index is 13.8. The number of aromatic nitrogens is 2. The Bertz CT molecular complexity index is 1420. The molecule has 1 unspecified atom stereocenters. The highest BCUT2D eigenvalue weighted by molar-refractivity contribution is 6.33. The number of nitrogens with zero attached hydrogens (tertiary/aromatic N) is 3. The van der Waals surface area contributed by atoms with Gasteiger partial charge in [-0.05, 0) is 61.9 Å². The van der Waals surface area contributed by atoms with Crippen LogP contribution >= 0.6 is 23.2 Å². The van der Waals surface area contributed by atoms with E-state index in [1.165, 1.54) is 0 Å². The molecule has 4 rings (SSSR count). The summed E-state index contributed by atoms with van der Waals surface area (Å²) in [5.41, 5.74) is 1.47. The molecule has 3 aromatic carbocycles. The van der Waals surface area contributed by atoms with Gasteiger partial charge in [0.15, 0.2) is 0 Å². The molecule has 0 aliphatic rings. The summed E-state index contributed by atoms with van der Waals surface area (Å²) >= 11 is 12.5. The zero-order valence-corrected chi connectivity index (χ0v) is 22.0. The summed E-state index contributed by atoms with van der Waals surface area (Å²) in [5.74, 6) is 0.298. The van der Waals surface area contributed by atoms with Gasteiger partial charge < -0.3 is 4.90 Å². The summed E-state index contributed by atoms with van der Waals surface area (Å²) in [6.07, 6.45) is 4.03. The Morgan fingerprint density at radius 2 is 1.64 bits per heavy atom. The van der Waals surface area contributed by atoms with Crippen molar-refractivity contribution in [3.63, 3.8) is 0 Å². The van der Waals surface area contributed by atoms with E-state index in [4.69, 9.17) is 28.2 Å². The van der Waals surface area contributed by atoms with Gasteiger partial charge in [0.05, 0.1) is 33.2 Å². The molecule has 0 bridgehead atoms. The number of fused-ring (bicyclic) bond motifs is 1. The van der Waals surface area contributed by atoms with E-state index < -0.39 is 6.04 Å². The van der Waals surface area contributed by atoms with Crippen LogP contribution in [-0.2, 0) is 0 Å². The number of unbranched alkanes of at least 4 members (excludes halogenated alkanes) is 3. The van der Waals surface area contributed by atoms with Crippen molar-refractivity contribution in [3.8, 4) is 5.69 Å². The number of para-hydroxylation sites is 1. The number of carbonyl (C=O) groups is 1. The minimum atomic E-state index is -0.497. The second-order valence-electron chi connectivity index (χ2n) is 8.82. The summed E-state index contributed by atoms with van der Waals surface area (Å²) < 4.78 is 1.59. The molecule has 1 amide bonds. The summed E-state index contributed by atoms with van der Waals surface area (Å²) in [5, 5.41) is 1.48. The van der Waals surface area contributed by atoms with Crippen molar-refractivity contribution >= 4 is 40.0 Å². The number of benzene rings is 3. The fourth-order valence-corrected chi connectivity index (χ4v) is 4.72. The lowest BCUT2D eigenvalue weighted by molar-refractivity contribution is 0.0677. The predicted molar refractivity (Wildman–Crippen MR) is 147 cm³/mol. The molecular weight excluding hydrogens is 493 g/mol. The molecule has 186 valence electrons. The maximum absolute atomic E-state index is 13.8. The van der Waals surface area contributed by atoms with E-state index in [9.17, 15) is 9.59 Å². The normalized spacial score (nSPS) is 12.0. The minimum Gasteiger partial charge on any atom is -0.329 e. The monoisotopic (exact) mass is 521 g/mol. The van der Waals surface area contributed by atoms with Crippen LogP contribution in [0.2, 0.25) is 10.0 Å². The largest absolute Gasteiger partial charge is 0.329 e.